The molecule has 2 aromatic carbocycles. The van der Waals surface area contributed by atoms with Crippen LogP contribution in [0.15, 0.2) is 60.7 Å². The van der Waals surface area contributed by atoms with Crippen LogP contribution in [-0.4, -0.2) is 71.5 Å². The molecule has 1 saturated carbocycles. The van der Waals surface area contributed by atoms with Crippen molar-refractivity contribution in [2.75, 3.05) is 39.3 Å². The quantitative estimate of drug-likeness (QED) is 0.463. The summed E-state index contributed by atoms with van der Waals surface area (Å²) in [6, 6.07) is 22.5. The highest BCUT2D eigenvalue weighted by molar-refractivity contribution is 5.77. The molecule has 3 aliphatic heterocycles. The van der Waals surface area contributed by atoms with E-state index in [0.717, 1.165) is 32.6 Å². The van der Waals surface area contributed by atoms with Crippen LogP contribution < -0.4 is 0 Å². The number of benzene rings is 2. The molecule has 1 amide bonds. The Bertz CT molecular complexity index is 918. The number of carbonyl (C=O) groups is 1. The van der Waals surface area contributed by atoms with Gasteiger partial charge in [0, 0.05) is 42.9 Å². The predicted molar refractivity (Wildman–Crippen MR) is 148 cm³/mol. The molecule has 2 unspecified atom stereocenters. The molecule has 0 aromatic heterocycles. The number of likely N-dealkylation sites (tertiary alicyclic amines) is 1. The van der Waals surface area contributed by atoms with Gasteiger partial charge < -0.3 is 9.80 Å². The van der Waals surface area contributed by atoms with Crippen LogP contribution in [-0.2, 0) is 4.79 Å². The lowest BCUT2D eigenvalue weighted by atomic mass is 9.63. The SMILES string of the molecule is CCN(CC)CCC(=O)N1CCC2(N3CCCCC3)CC(c3ccccc3)C1C(c1ccccc1)C2. The zero-order valence-corrected chi connectivity index (χ0v) is 22.4. The molecule has 4 fully saturated rings. The van der Waals surface area contributed by atoms with Crippen molar-refractivity contribution in [2.24, 2.45) is 0 Å². The normalized spacial score (nSPS) is 28.9. The Morgan fingerprint density at radius 1 is 0.833 bits per heavy atom. The van der Waals surface area contributed by atoms with Crippen LogP contribution in [0, 0.1) is 0 Å². The number of amides is 1. The molecule has 4 aliphatic rings. The second-order valence-corrected chi connectivity index (χ2v) is 11.3. The number of hydrogen-bond acceptors (Lipinski definition) is 3. The van der Waals surface area contributed by atoms with Crippen molar-refractivity contribution < 1.29 is 4.79 Å². The van der Waals surface area contributed by atoms with Crippen LogP contribution in [0.3, 0.4) is 0 Å². The average Bonchev–Trinajstić information content (AvgIpc) is 3.23. The molecule has 1 aliphatic carbocycles. The summed E-state index contributed by atoms with van der Waals surface area (Å²) in [7, 11) is 0. The molecule has 194 valence electrons. The Hall–Kier alpha value is -2.17. The summed E-state index contributed by atoms with van der Waals surface area (Å²) in [6.45, 7) is 10.6. The third-order valence-electron chi connectivity index (χ3n) is 9.54. The minimum absolute atomic E-state index is 0.172. The first-order valence-corrected chi connectivity index (χ1v) is 14.5. The van der Waals surface area contributed by atoms with Crippen LogP contribution in [0.4, 0.5) is 0 Å². The van der Waals surface area contributed by atoms with Crippen molar-refractivity contribution in [1.29, 1.82) is 0 Å². The number of carbonyl (C=O) groups excluding carboxylic acids is 1. The Labute approximate surface area is 218 Å². The molecular formula is C32H45N3O. The van der Waals surface area contributed by atoms with Gasteiger partial charge in [0.25, 0.3) is 0 Å². The van der Waals surface area contributed by atoms with Gasteiger partial charge in [0.05, 0.1) is 0 Å². The molecule has 2 atom stereocenters. The van der Waals surface area contributed by atoms with E-state index in [1.54, 1.807) is 0 Å². The molecule has 2 bridgehead atoms. The average molecular weight is 488 g/mol. The Morgan fingerprint density at radius 2 is 1.39 bits per heavy atom. The van der Waals surface area contributed by atoms with Crippen molar-refractivity contribution in [3.8, 4) is 0 Å². The third-order valence-corrected chi connectivity index (χ3v) is 9.54. The third kappa shape index (κ3) is 5.13. The second-order valence-electron chi connectivity index (χ2n) is 11.3. The maximum Gasteiger partial charge on any atom is 0.224 e. The minimum atomic E-state index is 0.172. The number of rotatable bonds is 8. The van der Waals surface area contributed by atoms with Crippen LogP contribution in [0.2, 0.25) is 0 Å². The minimum Gasteiger partial charge on any atom is -0.338 e. The second kappa shape index (κ2) is 11.5. The number of hydrogen-bond donors (Lipinski definition) is 0. The molecular weight excluding hydrogens is 442 g/mol. The first kappa shape index (κ1) is 25.5. The molecule has 2 aromatic rings. The lowest BCUT2D eigenvalue weighted by molar-refractivity contribution is -0.134. The van der Waals surface area contributed by atoms with Gasteiger partial charge in [0.2, 0.25) is 5.91 Å². The molecule has 3 heterocycles. The Kier molecular flexibility index (Phi) is 8.12. The summed E-state index contributed by atoms with van der Waals surface area (Å²) in [4.78, 5) is 21.6. The standard InChI is InChI=1S/C32H45N3O/c1-3-33(4-2)22-18-30(36)35-23-19-32(34-20-12-7-13-21-34)24-28(26-14-8-5-9-15-26)31(35)29(25-32)27-16-10-6-11-17-27/h5-6,8-11,14-17,28-29,31H,3-4,7,12-13,18-25H2,1-2H3. The van der Waals surface area contributed by atoms with Gasteiger partial charge in [-0.15, -0.1) is 0 Å². The van der Waals surface area contributed by atoms with Gasteiger partial charge in [-0.3, -0.25) is 9.69 Å². The summed E-state index contributed by atoms with van der Waals surface area (Å²) in [5.74, 6) is 1.09. The smallest absolute Gasteiger partial charge is 0.224 e. The zero-order chi connectivity index (χ0) is 25.0. The van der Waals surface area contributed by atoms with Crippen LogP contribution >= 0.6 is 0 Å². The van der Waals surface area contributed by atoms with E-state index in [9.17, 15) is 4.79 Å². The maximum atomic E-state index is 14.0. The Morgan fingerprint density at radius 3 is 1.92 bits per heavy atom. The van der Waals surface area contributed by atoms with Crippen LogP contribution in [0.5, 0.6) is 0 Å². The van der Waals surface area contributed by atoms with Gasteiger partial charge in [-0.2, -0.15) is 0 Å². The molecule has 0 radical (unpaired) electrons. The predicted octanol–water partition coefficient (Wildman–Crippen LogP) is 5.91. The first-order chi connectivity index (χ1) is 17.6. The summed E-state index contributed by atoms with van der Waals surface area (Å²) >= 11 is 0. The lowest BCUT2D eigenvalue weighted by Gasteiger charge is -2.53. The molecule has 0 N–H and O–H groups in total. The zero-order valence-electron chi connectivity index (χ0n) is 22.4. The number of nitrogens with zero attached hydrogens (tertiary/aromatic N) is 3. The van der Waals surface area contributed by atoms with Gasteiger partial charge >= 0.3 is 0 Å². The molecule has 3 saturated heterocycles. The Balaban J connectivity index is 1.56. The van der Waals surface area contributed by atoms with E-state index >= 15 is 0 Å². The van der Waals surface area contributed by atoms with Crippen LogP contribution in [0.1, 0.15) is 81.8 Å². The summed E-state index contributed by atoms with van der Waals surface area (Å²) in [6.07, 6.45) is 8.05. The highest BCUT2D eigenvalue weighted by Gasteiger charge is 2.54. The van der Waals surface area contributed by atoms with E-state index in [4.69, 9.17) is 0 Å². The van der Waals surface area contributed by atoms with Gasteiger partial charge in [-0.05, 0) is 69.4 Å². The fourth-order valence-electron chi connectivity index (χ4n) is 7.58. The van der Waals surface area contributed by atoms with Crippen molar-refractivity contribution >= 4 is 5.91 Å². The van der Waals surface area contributed by atoms with Crippen LogP contribution in [0.25, 0.3) is 0 Å². The van der Waals surface area contributed by atoms with E-state index in [2.05, 4.69) is 89.2 Å². The summed E-state index contributed by atoms with van der Waals surface area (Å²) < 4.78 is 0. The number of fused-ring (bicyclic) bond motifs is 4. The lowest BCUT2D eigenvalue weighted by Crippen LogP contribution is -2.56. The maximum absolute atomic E-state index is 14.0. The molecule has 4 nitrogen and oxygen atoms in total. The highest BCUT2D eigenvalue weighted by atomic mass is 16.2. The van der Waals surface area contributed by atoms with Gasteiger partial charge in [0.15, 0.2) is 0 Å². The van der Waals surface area contributed by atoms with E-state index in [0.29, 0.717) is 24.2 Å². The fraction of sp³-hybridized carbons (Fsp3) is 0.594. The number of piperidine rings is 1. The largest absolute Gasteiger partial charge is 0.338 e. The van der Waals surface area contributed by atoms with Crippen molar-refractivity contribution in [2.45, 2.75) is 82.2 Å². The topological polar surface area (TPSA) is 26.8 Å². The van der Waals surface area contributed by atoms with E-state index in [1.807, 2.05) is 0 Å². The fourth-order valence-corrected chi connectivity index (χ4v) is 7.58. The van der Waals surface area contributed by atoms with Gasteiger partial charge in [-0.25, -0.2) is 0 Å². The van der Waals surface area contributed by atoms with E-state index < -0.39 is 0 Å². The molecule has 36 heavy (non-hydrogen) atoms. The monoisotopic (exact) mass is 487 g/mol. The first-order valence-electron chi connectivity index (χ1n) is 14.5. The van der Waals surface area contributed by atoms with E-state index in [1.165, 1.54) is 56.3 Å². The van der Waals surface area contributed by atoms with Gasteiger partial charge in [-0.1, -0.05) is 80.9 Å². The molecule has 6 rings (SSSR count). The summed E-state index contributed by atoms with van der Waals surface area (Å²) in [5.41, 5.74) is 2.99. The van der Waals surface area contributed by atoms with Crippen molar-refractivity contribution in [1.82, 2.24) is 14.7 Å². The highest BCUT2D eigenvalue weighted by Crippen LogP contribution is 2.54. The summed E-state index contributed by atoms with van der Waals surface area (Å²) in [5, 5.41) is 0. The van der Waals surface area contributed by atoms with Crippen molar-refractivity contribution in [3.63, 3.8) is 0 Å². The van der Waals surface area contributed by atoms with Crippen molar-refractivity contribution in [3.05, 3.63) is 71.8 Å². The van der Waals surface area contributed by atoms with E-state index in [-0.39, 0.29) is 11.6 Å². The molecule has 0 spiro atoms. The molecule has 4 heteroatoms. The van der Waals surface area contributed by atoms with Gasteiger partial charge in [0.1, 0.15) is 0 Å².